The van der Waals surface area contributed by atoms with Gasteiger partial charge in [-0.05, 0) is 70.6 Å². The van der Waals surface area contributed by atoms with Crippen molar-refractivity contribution in [3.63, 3.8) is 0 Å². The van der Waals surface area contributed by atoms with E-state index in [1.807, 2.05) is 45.2 Å². The normalized spacial score (nSPS) is 14.2. The van der Waals surface area contributed by atoms with E-state index in [1.165, 1.54) is 7.11 Å². The van der Waals surface area contributed by atoms with Crippen molar-refractivity contribution in [1.82, 2.24) is 15.1 Å². The fourth-order valence-electron chi connectivity index (χ4n) is 3.98. The van der Waals surface area contributed by atoms with Crippen LogP contribution in [0.1, 0.15) is 37.8 Å². The second-order valence-corrected chi connectivity index (χ2v) is 9.51. The number of piperidine rings is 1. The molecule has 222 valence electrons. The zero-order valence-corrected chi connectivity index (χ0v) is 22.7. The molecule has 0 aromatic heterocycles. The molecule has 0 saturated carbocycles. The molecule has 0 unspecified atom stereocenters. The number of likely N-dealkylation sites (tertiary alicyclic amines) is 1. The van der Waals surface area contributed by atoms with Crippen LogP contribution in [0.3, 0.4) is 0 Å². The molecule has 2 aromatic carbocycles. The number of nitrogens with one attached hydrogen (secondary N) is 1. The van der Waals surface area contributed by atoms with E-state index in [4.69, 9.17) is 19.4 Å². The second kappa shape index (κ2) is 14.7. The molecular formula is C27H34F5N3O5. The van der Waals surface area contributed by atoms with Gasteiger partial charge in [0.1, 0.15) is 11.5 Å². The lowest BCUT2D eigenvalue weighted by molar-refractivity contribution is -0.192. The molecular weight excluding hydrogens is 541 g/mol. The van der Waals surface area contributed by atoms with E-state index < -0.39 is 23.8 Å². The second-order valence-electron chi connectivity index (χ2n) is 9.51. The average Bonchev–Trinajstić information content (AvgIpc) is 2.88. The summed E-state index contributed by atoms with van der Waals surface area (Å²) < 4.78 is 70.3. The summed E-state index contributed by atoms with van der Waals surface area (Å²) in [4.78, 5) is 26.0. The van der Waals surface area contributed by atoms with Gasteiger partial charge >= 0.3 is 18.2 Å². The van der Waals surface area contributed by atoms with Gasteiger partial charge in [-0.1, -0.05) is 12.1 Å². The number of carbonyl (C=O) groups is 2. The highest BCUT2D eigenvalue weighted by molar-refractivity contribution is 5.75. The van der Waals surface area contributed by atoms with Gasteiger partial charge in [-0.15, -0.1) is 0 Å². The van der Waals surface area contributed by atoms with Crippen LogP contribution >= 0.6 is 0 Å². The summed E-state index contributed by atoms with van der Waals surface area (Å²) in [6.45, 7) is 6.13. The summed E-state index contributed by atoms with van der Waals surface area (Å²) in [5.41, 5.74) is 1.37. The van der Waals surface area contributed by atoms with E-state index in [-0.39, 0.29) is 30.5 Å². The molecule has 8 nitrogen and oxygen atoms in total. The van der Waals surface area contributed by atoms with Gasteiger partial charge in [-0.2, -0.15) is 13.2 Å². The molecule has 40 heavy (non-hydrogen) atoms. The molecule has 0 bridgehead atoms. The zero-order chi connectivity index (χ0) is 30.0. The number of rotatable bonds is 8. The van der Waals surface area contributed by atoms with Gasteiger partial charge in [-0.3, -0.25) is 0 Å². The zero-order valence-electron chi connectivity index (χ0n) is 22.7. The number of hydrogen-bond acceptors (Lipinski definition) is 5. The Morgan fingerprint density at radius 3 is 2.15 bits per heavy atom. The predicted octanol–water partition coefficient (Wildman–Crippen LogP) is 5.20. The summed E-state index contributed by atoms with van der Waals surface area (Å²) in [5, 5.41) is 10.1. The molecule has 1 fully saturated rings. The molecule has 0 aliphatic carbocycles. The Morgan fingerprint density at radius 1 is 1.10 bits per heavy atom. The van der Waals surface area contributed by atoms with Crippen LogP contribution in [0.5, 0.6) is 11.5 Å². The van der Waals surface area contributed by atoms with Crippen LogP contribution in [0.15, 0.2) is 36.4 Å². The number of carboxylic acids is 1. The fourth-order valence-corrected chi connectivity index (χ4v) is 3.98. The number of aliphatic carboxylic acids is 1. The molecule has 1 aliphatic rings. The highest BCUT2D eigenvalue weighted by atomic mass is 19.4. The number of benzene rings is 2. The molecule has 1 saturated heterocycles. The predicted molar refractivity (Wildman–Crippen MR) is 137 cm³/mol. The maximum atomic E-state index is 14.0. The monoisotopic (exact) mass is 575 g/mol. The van der Waals surface area contributed by atoms with Crippen LogP contribution < -0.4 is 14.8 Å². The van der Waals surface area contributed by atoms with E-state index >= 15 is 0 Å². The summed E-state index contributed by atoms with van der Waals surface area (Å²) in [6, 6.07) is 9.45. The van der Waals surface area contributed by atoms with E-state index in [0.717, 1.165) is 49.4 Å². The lowest BCUT2D eigenvalue weighted by Gasteiger charge is -2.37. The molecule has 13 heteroatoms. The first kappa shape index (κ1) is 32.6. The third-order valence-corrected chi connectivity index (χ3v) is 6.04. The highest BCUT2D eigenvalue weighted by Crippen LogP contribution is 2.26. The minimum atomic E-state index is -5.08. The van der Waals surface area contributed by atoms with Crippen LogP contribution in [0, 0.1) is 11.6 Å². The van der Waals surface area contributed by atoms with E-state index in [1.54, 1.807) is 4.90 Å². The van der Waals surface area contributed by atoms with Crippen LogP contribution in [0.25, 0.3) is 0 Å². The number of alkyl halides is 3. The van der Waals surface area contributed by atoms with Crippen molar-refractivity contribution < 1.29 is 46.1 Å². The number of methoxy groups -OCH3 is 1. The van der Waals surface area contributed by atoms with Crippen LogP contribution in [-0.4, -0.2) is 72.5 Å². The molecule has 2 N–H and O–H groups in total. The van der Waals surface area contributed by atoms with Gasteiger partial charge in [0.2, 0.25) is 0 Å². The number of ether oxygens (including phenoxy) is 2. The number of amides is 2. The van der Waals surface area contributed by atoms with E-state index in [0.29, 0.717) is 12.1 Å². The summed E-state index contributed by atoms with van der Waals surface area (Å²) >= 11 is 0. The van der Waals surface area contributed by atoms with E-state index in [2.05, 4.69) is 10.2 Å². The maximum Gasteiger partial charge on any atom is 0.490 e. The number of halogens is 5. The Balaban J connectivity index is 0.000000708. The first-order valence-electron chi connectivity index (χ1n) is 12.5. The molecule has 1 aliphatic heterocycles. The largest absolute Gasteiger partial charge is 0.496 e. The molecule has 1 heterocycles. The first-order valence-corrected chi connectivity index (χ1v) is 12.5. The molecule has 0 spiro atoms. The molecule has 0 radical (unpaired) electrons. The maximum absolute atomic E-state index is 14.0. The lowest BCUT2D eigenvalue weighted by Crippen LogP contribution is -2.49. The molecule has 0 atom stereocenters. The summed E-state index contributed by atoms with van der Waals surface area (Å²) in [7, 11) is 3.45. The van der Waals surface area contributed by atoms with Crippen molar-refractivity contribution in [3.05, 3.63) is 59.2 Å². The Morgan fingerprint density at radius 2 is 1.65 bits per heavy atom. The van der Waals surface area contributed by atoms with Crippen molar-refractivity contribution >= 4 is 12.0 Å². The van der Waals surface area contributed by atoms with Gasteiger partial charge in [0, 0.05) is 24.2 Å². The standard InChI is InChI=1S/C25H33F2N3O3.C2HF3O2/c1-17(2)33-21-7-5-18(6-8-21)15-28-25(31)30(20-9-11-29(3)12-10-20)16-19-13-22(26)23(27)14-24(19)32-4;3-2(4,5)1(6)7/h5-8,13-14,17,20H,9-12,15-16H2,1-4H3,(H,28,31);(H,6,7). The lowest BCUT2D eigenvalue weighted by atomic mass is 10.0. The first-order chi connectivity index (χ1) is 18.7. The number of nitrogens with zero attached hydrogens (tertiary/aromatic N) is 2. The molecule has 2 amide bonds. The van der Waals surface area contributed by atoms with E-state index in [9.17, 15) is 26.7 Å². The number of carbonyl (C=O) groups excluding carboxylic acids is 1. The number of urea groups is 1. The third kappa shape index (κ3) is 10.2. The van der Waals surface area contributed by atoms with Crippen molar-refractivity contribution in [2.75, 3.05) is 27.2 Å². The summed E-state index contributed by atoms with van der Waals surface area (Å²) in [6.07, 6.45) is -3.39. The van der Waals surface area contributed by atoms with Crippen LogP contribution in [0.2, 0.25) is 0 Å². The minimum absolute atomic E-state index is 0.0131. The average molecular weight is 576 g/mol. The van der Waals surface area contributed by atoms with Crippen molar-refractivity contribution in [3.8, 4) is 11.5 Å². The van der Waals surface area contributed by atoms with Gasteiger partial charge in [0.15, 0.2) is 11.6 Å². The molecule has 2 aromatic rings. The Kier molecular flexibility index (Phi) is 12.0. The fraction of sp³-hybridized carbons (Fsp3) is 0.481. The van der Waals surface area contributed by atoms with Crippen molar-refractivity contribution in [2.24, 2.45) is 0 Å². The van der Waals surface area contributed by atoms with Gasteiger partial charge in [0.25, 0.3) is 0 Å². The minimum Gasteiger partial charge on any atom is -0.496 e. The highest BCUT2D eigenvalue weighted by Gasteiger charge is 2.38. The van der Waals surface area contributed by atoms with Crippen LogP contribution in [-0.2, 0) is 17.9 Å². The Hall–Kier alpha value is -3.61. The number of hydrogen-bond donors (Lipinski definition) is 2. The van der Waals surface area contributed by atoms with Crippen molar-refractivity contribution in [2.45, 2.75) is 58.1 Å². The topological polar surface area (TPSA) is 91.3 Å². The van der Waals surface area contributed by atoms with Gasteiger partial charge in [-0.25, -0.2) is 18.4 Å². The number of carboxylic acid groups (broad SMARTS) is 1. The Labute approximate surface area is 229 Å². The van der Waals surface area contributed by atoms with Gasteiger partial charge < -0.3 is 29.7 Å². The SMILES string of the molecule is COc1cc(F)c(F)cc1CN(C(=O)NCc1ccc(OC(C)C)cc1)C1CCN(C)CC1.O=C(O)C(F)(F)F. The smallest absolute Gasteiger partial charge is 0.490 e. The summed E-state index contributed by atoms with van der Waals surface area (Å²) in [5.74, 6) is -3.69. The van der Waals surface area contributed by atoms with Crippen molar-refractivity contribution in [1.29, 1.82) is 0 Å². The Bertz CT molecular complexity index is 1120. The van der Waals surface area contributed by atoms with Crippen LogP contribution in [0.4, 0.5) is 26.7 Å². The third-order valence-electron chi connectivity index (χ3n) is 6.04. The quantitative estimate of drug-likeness (QED) is 0.421. The molecule has 3 rings (SSSR count). The van der Waals surface area contributed by atoms with Gasteiger partial charge in [0.05, 0.1) is 19.8 Å².